The van der Waals surface area contributed by atoms with Gasteiger partial charge in [-0.3, -0.25) is 0 Å². The van der Waals surface area contributed by atoms with Crippen molar-refractivity contribution in [1.29, 1.82) is 0 Å². The van der Waals surface area contributed by atoms with Crippen LogP contribution in [0.25, 0.3) is 0 Å². The Morgan fingerprint density at radius 3 is 3.00 bits per heavy atom. The van der Waals surface area contributed by atoms with Crippen molar-refractivity contribution < 1.29 is 0 Å². The van der Waals surface area contributed by atoms with Crippen molar-refractivity contribution in [2.45, 2.75) is 32.2 Å². The summed E-state index contributed by atoms with van der Waals surface area (Å²) in [4.78, 5) is 0. The molecule has 0 aliphatic carbocycles. The molecular weight excluding hydrogens is 208 g/mol. The summed E-state index contributed by atoms with van der Waals surface area (Å²) in [7, 11) is 0. The molecule has 1 aromatic rings. The van der Waals surface area contributed by atoms with E-state index in [9.17, 15) is 0 Å². The molecule has 1 aliphatic heterocycles. The zero-order chi connectivity index (χ0) is 10.8. The lowest BCUT2D eigenvalue weighted by atomic mass is 9.99. The van der Waals surface area contributed by atoms with Crippen molar-refractivity contribution in [1.82, 2.24) is 5.32 Å². The molecule has 82 valence electrons. The molecule has 1 heterocycles. The number of anilines is 1. The van der Waals surface area contributed by atoms with Crippen LogP contribution in [0.5, 0.6) is 0 Å². The summed E-state index contributed by atoms with van der Waals surface area (Å²) in [5, 5.41) is 4.21. The van der Waals surface area contributed by atoms with Crippen LogP contribution in [0.4, 0.5) is 5.69 Å². The van der Waals surface area contributed by atoms with Gasteiger partial charge in [0.15, 0.2) is 0 Å². The predicted octanol–water partition coefficient (Wildman–Crippen LogP) is 2.53. The number of hydrogen-bond acceptors (Lipinski definition) is 2. The summed E-state index contributed by atoms with van der Waals surface area (Å²) < 4.78 is 0. The van der Waals surface area contributed by atoms with E-state index in [1.54, 1.807) is 0 Å². The number of rotatable bonds is 2. The fourth-order valence-electron chi connectivity index (χ4n) is 2.16. The van der Waals surface area contributed by atoms with E-state index >= 15 is 0 Å². The molecule has 0 radical (unpaired) electrons. The van der Waals surface area contributed by atoms with E-state index < -0.39 is 0 Å². The minimum Gasteiger partial charge on any atom is -0.398 e. The van der Waals surface area contributed by atoms with Crippen molar-refractivity contribution in [2.24, 2.45) is 0 Å². The minimum absolute atomic E-state index is 0.614. The van der Waals surface area contributed by atoms with Crippen LogP contribution in [0.3, 0.4) is 0 Å². The van der Waals surface area contributed by atoms with Crippen molar-refractivity contribution in [3.63, 3.8) is 0 Å². The number of nitrogens with two attached hydrogens (primary N) is 1. The average molecular weight is 225 g/mol. The van der Waals surface area contributed by atoms with Gasteiger partial charge in [-0.15, -0.1) is 0 Å². The molecule has 2 rings (SSSR count). The molecule has 3 N–H and O–H groups in total. The van der Waals surface area contributed by atoms with E-state index in [4.69, 9.17) is 17.3 Å². The standard InChI is InChI=1S/C12H17ClN2/c1-8-9(4-5-11(14)12(8)13)7-10-3-2-6-15-10/h4-5,10,15H,2-3,6-7,14H2,1H3. The third kappa shape index (κ3) is 2.27. The second-order valence-electron chi connectivity index (χ2n) is 4.25. The lowest BCUT2D eigenvalue weighted by molar-refractivity contribution is 0.601. The van der Waals surface area contributed by atoms with E-state index in [0.717, 1.165) is 18.5 Å². The molecular formula is C12H17ClN2. The first-order valence-electron chi connectivity index (χ1n) is 5.45. The topological polar surface area (TPSA) is 38.0 Å². The molecule has 1 fully saturated rings. The van der Waals surface area contributed by atoms with Crippen LogP contribution >= 0.6 is 11.6 Å². The molecule has 1 unspecified atom stereocenters. The Morgan fingerprint density at radius 2 is 2.33 bits per heavy atom. The Balaban J connectivity index is 2.17. The van der Waals surface area contributed by atoms with E-state index in [2.05, 4.69) is 11.4 Å². The van der Waals surface area contributed by atoms with Gasteiger partial charge in [0.25, 0.3) is 0 Å². The largest absolute Gasteiger partial charge is 0.398 e. The fraction of sp³-hybridized carbons (Fsp3) is 0.500. The first-order chi connectivity index (χ1) is 7.18. The summed E-state index contributed by atoms with van der Waals surface area (Å²) in [5.74, 6) is 0. The minimum atomic E-state index is 0.614. The quantitative estimate of drug-likeness (QED) is 0.758. The number of nitrogens with one attached hydrogen (secondary N) is 1. The number of halogens is 1. The van der Waals surface area contributed by atoms with Crippen LogP contribution in [0.2, 0.25) is 5.02 Å². The molecule has 3 heteroatoms. The number of nitrogen functional groups attached to an aromatic ring is 1. The van der Waals surface area contributed by atoms with Crippen LogP contribution in [0.1, 0.15) is 24.0 Å². The molecule has 1 aliphatic rings. The maximum absolute atomic E-state index is 6.12. The Kier molecular flexibility index (Phi) is 3.17. The Labute approximate surface area is 95.8 Å². The zero-order valence-corrected chi connectivity index (χ0v) is 9.77. The molecule has 0 amide bonds. The van der Waals surface area contributed by atoms with Crippen LogP contribution in [0, 0.1) is 6.92 Å². The van der Waals surface area contributed by atoms with Gasteiger partial charge in [-0.25, -0.2) is 0 Å². The van der Waals surface area contributed by atoms with Crippen molar-refractivity contribution in [3.8, 4) is 0 Å². The highest BCUT2D eigenvalue weighted by atomic mass is 35.5. The molecule has 1 aromatic carbocycles. The van der Waals surface area contributed by atoms with E-state index in [1.165, 1.54) is 18.4 Å². The van der Waals surface area contributed by atoms with Gasteiger partial charge in [0.05, 0.1) is 10.7 Å². The van der Waals surface area contributed by atoms with Crippen molar-refractivity contribution in [2.75, 3.05) is 12.3 Å². The monoisotopic (exact) mass is 224 g/mol. The first-order valence-corrected chi connectivity index (χ1v) is 5.83. The molecule has 0 bridgehead atoms. The van der Waals surface area contributed by atoms with Gasteiger partial charge in [-0.2, -0.15) is 0 Å². The Morgan fingerprint density at radius 1 is 1.53 bits per heavy atom. The molecule has 0 aromatic heterocycles. The molecule has 15 heavy (non-hydrogen) atoms. The second kappa shape index (κ2) is 4.42. The van der Waals surface area contributed by atoms with E-state index in [0.29, 0.717) is 16.8 Å². The predicted molar refractivity (Wildman–Crippen MR) is 65.3 cm³/mol. The zero-order valence-electron chi connectivity index (χ0n) is 9.02. The fourth-order valence-corrected chi connectivity index (χ4v) is 2.35. The van der Waals surface area contributed by atoms with Crippen molar-refractivity contribution >= 4 is 17.3 Å². The van der Waals surface area contributed by atoms with Crippen LogP contribution in [-0.4, -0.2) is 12.6 Å². The van der Waals surface area contributed by atoms with E-state index in [1.807, 2.05) is 13.0 Å². The summed E-state index contributed by atoms with van der Waals surface area (Å²) in [6, 6.07) is 4.61. The molecule has 1 saturated heterocycles. The highest BCUT2D eigenvalue weighted by molar-refractivity contribution is 6.33. The lowest BCUT2D eigenvalue weighted by Crippen LogP contribution is -2.24. The normalized spacial score (nSPS) is 20.8. The summed E-state index contributed by atoms with van der Waals surface area (Å²) in [5.41, 5.74) is 8.87. The Hall–Kier alpha value is -0.730. The highest BCUT2D eigenvalue weighted by Gasteiger charge is 2.16. The molecule has 0 saturated carbocycles. The van der Waals surface area contributed by atoms with Gasteiger partial charge in [-0.05, 0) is 49.9 Å². The maximum atomic E-state index is 6.12. The van der Waals surface area contributed by atoms with Gasteiger partial charge < -0.3 is 11.1 Å². The third-order valence-electron chi connectivity index (χ3n) is 3.16. The average Bonchev–Trinajstić information content (AvgIpc) is 2.72. The van der Waals surface area contributed by atoms with Gasteiger partial charge in [0.1, 0.15) is 0 Å². The lowest BCUT2D eigenvalue weighted by Gasteiger charge is -2.14. The number of benzene rings is 1. The van der Waals surface area contributed by atoms with Gasteiger partial charge >= 0.3 is 0 Å². The maximum Gasteiger partial charge on any atom is 0.0667 e. The van der Waals surface area contributed by atoms with Crippen LogP contribution in [0.15, 0.2) is 12.1 Å². The second-order valence-corrected chi connectivity index (χ2v) is 4.63. The van der Waals surface area contributed by atoms with Gasteiger partial charge in [-0.1, -0.05) is 17.7 Å². The van der Waals surface area contributed by atoms with Crippen LogP contribution in [-0.2, 0) is 6.42 Å². The smallest absolute Gasteiger partial charge is 0.0667 e. The van der Waals surface area contributed by atoms with Crippen molar-refractivity contribution in [3.05, 3.63) is 28.3 Å². The number of hydrogen-bond donors (Lipinski definition) is 2. The van der Waals surface area contributed by atoms with E-state index in [-0.39, 0.29) is 0 Å². The van der Waals surface area contributed by atoms with Crippen LogP contribution < -0.4 is 11.1 Å². The molecule has 1 atom stereocenters. The first kappa shape index (κ1) is 10.8. The Bertz CT molecular complexity index is 357. The summed E-state index contributed by atoms with van der Waals surface area (Å²) in [6.45, 7) is 3.19. The van der Waals surface area contributed by atoms with Gasteiger partial charge in [0.2, 0.25) is 0 Å². The SMILES string of the molecule is Cc1c(CC2CCCN2)ccc(N)c1Cl. The highest BCUT2D eigenvalue weighted by Crippen LogP contribution is 2.27. The molecule has 2 nitrogen and oxygen atoms in total. The molecule has 0 spiro atoms. The third-order valence-corrected chi connectivity index (χ3v) is 3.66. The summed E-state index contributed by atoms with van der Waals surface area (Å²) in [6.07, 6.45) is 3.61. The summed E-state index contributed by atoms with van der Waals surface area (Å²) >= 11 is 6.12. The van der Waals surface area contributed by atoms with Gasteiger partial charge in [0, 0.05) is 6.04 Å².